The van der Waals surface area contributed by atoms with Gasteiger partial charge in [0.15, 0.2) is 0 Å². The largest absolute Gasteiger partial charge is 0.403 e. The smallest absolute Gasteiger partial charge is 0.118 e. The lowest BCUT2D eigenvalue weighted by atomic mass is 10.5. The zero-order valence-corrected chi connectivity index (χ0v) is 5.96. The van der Waals surface area contributed by atoms with Crippen LogP contribution in [0.3, 0.4) is 0 Å². The molecule has 0 aromatic carbocycles. The van der Waals surface area contributed by atoms with E-state index < -0.39 is 0 Å². The number of aliphatic imine (C=N–C) groups is 1. The van der Waals surface area contributed by atoms with Crippen LogP contribution in [0, 0.1) is 0 Å². The van der Waals surface area contributed by atoms with Gasteiger partial charge in [-0.25, -0.2) is 4.99 Å². The average molecular weight is 140 g/mol. The predicted molar refractivity (Wildman–Crippen MR) is 43.1 cm³/mol. The second-order valence-electron chi connectivity index (χ2n) is 1.62. The predicted octanol–water partition coefficient (Wildman–Crippen LogP) is -0.493. The molecule has 0 bridgehead atoms. The van der Waals surface area contributed by atoms with Gasteiger partial charge in [0.25, 0.3) is 0 Å². The molecule has 0 fully saturated rings. The molecule has 0 atom stereocenters. The van der Waals surface area contributed by atoms with Crippen LogP contribution in [0.1, 0.15) is 0 Å². The van der Waals surface area contributed by atoms with Crippen LogP contribution in [0.15, 0.2) is 29.3 Å². The fourth-order valence-electron chi connectivity index (χ4n) is 0.260. The van der Waals surface area contributed by atoms with E-state index in [1.807, 2.05) is 0 Å². The molecular weight excluding hydrogens is 128 g/mol. The lowest BCUT2D eigenvalue weighted by Gasteiger charge is -1.94. The Morgan fingerprint density at radius 1 is 1.70 bits per heavy atom. The Hall–Kier alpha value is -1.45. The number of hydrogen-bond acceptors (Lipinski definition) is 4. The van der Waals surface area contributed by atoms with Gasteiger partial charge >= 0.3 is 0 Å². The van der Waals surface area contributed by atoms with Crippen LogP contribution in [-0.4, -0.2) is 13.3 Å². The minimum atomic E-state index is 0.413. The minimum Gasteiger partial charge on any atom is -0.403 e. The minimum absolute atomic E-state index is 0.413. The van der Waals surface area contributed by atoms with Crippen molar-refractivity contribution < 1.29 is 0 Å². The van der Waals surface area contributed by atoms with Crippen molar-refractivity contribution in [2.24, 2.45) is 16.5 Å². The second kappa shape index (κ2) is 4.43. The van der Waals surface area contributed by atoms with Gasteiger partial charge in [0.05, 0.1) is 11.9 Å². The van der Waals surface area contributed by atoms with E-state index in [2.05, 4.69) is 16.9 Å². The van der Waals surface area contributed by atoms with Gasteiger partial charge in [-0.1, -0.05) is 6.58 Å². The van der Waals surface area contributed by atoms with Crippen LogP contribution in [-0.2, 0) is 0 Å². The van der Waals surface area contributed by atoms with Crippen LogP contribution < -0.4 is 16.8 Å². The molecule has 0 aromatic heterocycles. The zero-order chi connectivity index (χ0) is 7.98. The normalized spacial score (nSPS) is 11.9. The van der Waals surface area contributed by atoms with E-state index in [1.165, 1.54) is 12.4 Å². The third-order valence-electron chi connectivity index (χ3n) is 0.850. The fraction of sp³-hybridized carbons (Fsp3) is 0.167. The Balaban J connectivity index is 3.88. The summed E-state index contributed by atoms with van der Waals surface area (Å²) in [6, 6.07) is 0. The molecule has 0 saturated heterocycles. The van der Waals surface area contributed by atoms with Crippen molar-refractivity contribution in [3.05, 3.63) is 24.3 Å². The molecule has 4 heteroatoms. The molecule has 0 saturated carbocycles. The van der Waals surface area contributed by atoms with Gasteiger partial charge in [-0.3, -0.25) is 0 Å². The summed E-state index contributed by atoms with van der Waals surface area (Å²) in [4.78, 5) is 3.81. The lowest BCUT2D eigenvalue weighted by molar-refractivity contribution is 0.976. The van der Waals surface area contributed by atoms with E-state index in [4.69, 9.17) is 11.5 Å². The summed E-state index contributed by atoms with van der Waals surface area (Å²) >= 11 is 0. The molecule has 0 amide bonds. The third-order valence-corrected chi connectivity index (χ3v) is 0.850. The number of nitrogens with zero attached hydrogens (tertiary/aromatic N) is 1. The monoisotopic (exact) mass is 140 g/mol. The molecule has 0 unspecified atom stereocenters. The van der Waals surface area contributed by atoms with Crippen molar-refractivity contribution in [3.8, 4) is 0 Å². The van der Waals surface area contributed by atoms with Crippen LogP contribution in [0.25, 0.3) is 0 Å². The maximum atomic E-state index is 5.29. The summed E-state index contributed by atoms with van der Waals surface area (Å²) in [6.45, 7) is 3.55. The van der Waals surface area contributed by atoms with Gasteiger partial charge in [0.1, 0.15) is 5.82 Å². The van der Waals surface area contributed by atoms with Gasteiger partial charge in [0, 0.05) is 13.2 Å². The first-order valence-corrected chi connectivity index (χ1v) is 2.78. The zero-order valence-electron chi connectivity index (χ0n) is 5.96. The highest BCUT2D eigenvalue weighted by Gasteiger charge is 1.81. The molecule has 10 heavy (non-hydrogen) atoms. The molecule has 0 rings (SSSR count). The standard InChI is InChI=1S/C6H12N4/c1-5(9-2)10-4-6(8)3-7/h3-4,9H,1,7-8H2,2H3/b6-3+,10-4?. The van der Waals surface area contributed by atoms with Gasteiger partial charge < -0.3 is 16.8 Å². The highest BCUT2D eigenvalue weighted by atomic mass is 15.0. The fourth-order valence-corrected chi connectivity index (χ4v) is 0.260. The van der Waals surface area contributed by atoms with E-state index >= 15 is 0 Å². The molecule has 5 N–H and O–H groups in total. The first kappa shape index (κ1) is 8.55. The van der Waals surface area contributed by atoms with Crippen LogP contribution in [0.2, 0.25) is 0 Å². The molecule has 0 aliphatic carbocycles. The molecular formula is C6H12N4. The summed E-state index contributed by atoms with van der Waals surface area (Å²) in [6.07, 6.45) is 2.70. The topological polar surface area (TPSA) is 76.4 Å². The van der Waals surface area contributed by atoms with E-state index in [0.29, 0.717) is 11.5 Å². The van der Waals surface area contributed by atoms with E-state index in [-0.39, 0.29) is 0 Å². The number of nitrogens with two attached hydrogens (primary N) is 2. The molecule has 0 aromatic rings. The second-order valence-corrected chi connectivity index (χ2v) is 1.62. The summed E-state index contributed by atoms with van der Waals surface area (Å²) < 4.78 is 0. The Labute approximate surface area is 60.3 Å². The summed E-state index contributed by atoms with van der Waals surface area (Å²) in [5.41, 5.74) is 10.8. The first-order chi connectivity index (χ1) is 4.70. The number of nitrogens with one attached hydrogen (secondary N) is 1. The van der Waals surface area contributed by atoms with Gasteiger partial charge in [-0.05, 0) is 0 Å². The van der Waals surface area contributed by atoms with E-state index in [1.54, 1.807) is 7.05 Å². The van der Waals surface area contributed by atoms with Crippen molar-refractivity contribution in [1.82, 2.24) is 5.32 Å². The Bertz CT molecular complexity index is 169. The average Bonchev–Trinajstić information content (AvgIpc) is 1.99. The Kier molecular flexibility index (Phi) is 3.79. The third kappa shape index (κ3) is 3.54. The van der Waals surface area contributed by atoms with Crippen LogP contribution in [0.5, 0.6) is 0 Å². The highest BCUT2D eigenvalue weighted by molar-refractivity contribution is 5.77. The van der Waals surface area contributed by atoms with Crippen molar-refractivity contribution in [2.75, 3.05) is 7.05 Å². The van der Waals surface area contributed by atoms with E-state index in [9.17, 15) is 0 Å². The van der Waals surface area contributed by atoms with Crippen molar-refractivity contribution in [2.45, 2.75) is 0 Å². The maximum Gasteiger partial charge on any atom is 0.118 e. The summed E-state index contributed by atoms with van der Waals surface area (Å²) in [5, 5.41) is 2.73. The molecule has 0 aliphatic heterocycles. The molecule has 0 heterocycles. The highest BCUT2D eigenvalue weighted by Crippen LogP contribution is 1.82. The number of hydrogen-bond donors (Lipinski definition) is 3. The first-order valence-electron chi connectivity index (χ1n) is 2.78. The molecule has 0 aliphatic rings. The summed E-state index contributed by atoms with van der Waals surface area (Å²) in [5.74, 6) is 0.546. The van der Waals surface area contributed by atoms with E-state index in [0.717, 1.165) is 0 Å². The maximum absolute atomic E-state index is 5.29. The van der Waals surface area contributed by atoms with Crippen molar-refractivity contribution in [1.29, 1.82) is 0 Å². The molecule has 56 valence electrons. The van der Waals surface area contributed by atoms with Gasteiger partial charge in [-0.15, -0.1) is 0 Å². The number of allylic oxidation sites excluding steroid dienone is 1. The SMILES string of the molecule is C=C(N=C/C(N)=C\N)NC. The summed E-state index contributed by atoms with van der Waals surface area (Å²) in [7, 11) is 1.72. The Morgan fingerprint density at radius 3 is 2.70 bits per heavy atom. The molecule has 0 radical (unpaired) electrons. The molecule has 4 nitrogen and oxygen atoms in total. The van der Waals surface area contributed by atoms with Crippen molar-refractivity contribution >= 4 is 6.21 Å². The lowest BCUT2D eigenvalue weighted by Crippen LogP contribution is -2.05. The van der Waals surface area contributed by atoms with Gasteiger partial charge in [-0.2, -0.15) is 0 Å². The molecule has 0 spiro atoms. The number of rotatable bonds is 3. The van der Waals surface area contributed by atoms with Gasteiger partial charge in [0.2, 0.25) is 0 Å². The Morgan fingerprint density at radius 2 is 2.30 bits per heavy atom. The quantitative estimate of drug-likeness (QED) is 0.463. The van der Waals surface area contributed by atoms with Crippen molar-refractivity contribution in [3.63, 3.8) is 0 Å². The van der Waals surface area contributed by atoms with Crippen LogP contribution >= 0.6 is 0 Å². The van der Waals surface area contributed by atoms with Crippen LogP contribution in [0.4, 0.5) is 0 Å².